The minimum atomic E-state index is -4.87. The average molecular weight is 672 g/mol. The highest BCUT2D eigenvalue weighted by Crippen LogP contribution is 2.36. The summed E-state index contributed by atoms with van der Waals surface area (Å²) >= 11 is 12.1. The molecule has 1 fully saturated rings. The summed E-state index contributed by atoms with van der Waals surface area (Å²) < 4.78 is 69.4. The van der Waals surface area contributed by atoms with Gasteiger partial charge in [0, 0.05) is 40.3 Å². The van der Waals surface area contributed by atoms with Gasteiger partial charge in [-0.1, -0.05) is 61.3 Å². The first-order chi connectivity index (χ1) is 20.5. The molecule has 0 aromatic heterocycles. The van der Waals surface area contributed by atoms with Crippen LogP contribution in [0, 0.1) is 11.8 Å². The lowest BCUT2D eigenvalue weighted by molar-refractivity contribution is -0.137. The number of carbonyl (C=O) groups excluding carboxylic acids is 2. The Balaban J connectivity index is 1.50. The fraction of sp³-hybridized carbons (Fsp3) is 0.333. The molecule has 2 amide bonds. The van der Waals surface area contributed by atoms with Gasteiger partial charge in [-0.3, -0.25) is 19.2 Å². The molecule has 4 N–H and O–H groups in total. The normalized spacial score (nSPS) is 15.2. The summed E-state index contributed by atoms with van der Waals surface area (Å²) in [5.74, 6) is -2.96. The number of sulfonamides is 1. The van der Waals surface area contributed by atoms with E-state index in [4.69, 9.17) is 28.9 Å². The molecule has 1 aliphatic rings. The van der Waals surface area contributed by atoms with Gasteiger partial charge in [0.25, 0.3) is 5.91 Å². The van der Waals surface area contributed by atoms with Gasteiger partial charge in [-0.05, 0) is 59.5 Å². The zero-order valence-corrected chi connectivity index (χ0v) is 26.1. The lowest BCUT2D eigenvalue weighted by atomic mass is 9.91. The Morgan fingerprint density at radius 3 is 1.93 bits per heavy atom. The van der Waals surface area contributed by atoms with E-state index in [-0.39, 0.29) is 17.7 Å². The Labute approximate surface area is 263 Å². The van der Waals surface area contributed by atoms with Crippen molar-refractivity contribution in [1.82, 2.24) is 10.2 Å². The van der Waals surface area contributed by atoms with Crippen molar-refractivity contribution < 1.29 is 31.2 Å². The summed E-state index contributed by atoms with van der Waals surface area (Å²) in [7, 11) is -4.12. The fourth-order valence-corrected chi connectivity index (χ4v) is 6.78. The second kappa shape index (κ2) is 13.4. The predicted molar refractivity (Wildman–Crippen MR) is 164 cm³/mol. The van der Waals surface area contributed by atoms with Gasteiger partial charge in [0.05, 0.1) is 17.4 Å². The molecule has 3 aromatic rings. The Bertz CT molecular complexity index is 1570. The quantitative estimate of drug-likeness (QED) is 0.241. The topological polar surface area (TPSA) is 122 Å². The minimum absolute atomic E-state index is 0.198. The van der Waals surface area contributed by atoms with Crippen LogP contribution in [0.25, 0.3) is 0 Å². The zero-order valence-electron chi connectivity index (χ0n) is 23.7. The van der Waals surface area contributed by atoms with Crippen LogP contribution in [0.1, 0.15) is 46.9 Å². The molecule has 236 valence electrons. The van der Waals surface area contributed by atoms with Crippen molar-refractivity contribution in [2.45, 2.75) is 32.1 Å². The van der Waals surface area contributed by atoms with Gasteiger partial charge >= 0.3 is 6.18 Å². The third-order valence-corrected chi connectivity index (χ3v) is 9.19. The Hall–Kier alpha value is -3.32. The van der Waals surface area contributed by atoms with E-state index in [0.717, 1.165) is 17.2 Å². The maximum Gasteiger partial charge on any atom is 0.416 e. The molecule has 1 heterocycles. The first-order valence-electron chi connectivity index (χ1n) is 13.6. The maximum atomic E-state index is 13.7. The third-order valence-electron chi connectivity index (χ3n) is 7.23. The van der Waals surface area contributed by atoms with Crippen LogP contribution in [0.5, 0.6) is 0 Å². The maximum absolute atomic E-state index is 13.7. The molecule has 1 saturated heterocycles. The van der Waals surface area contributed by atoms with Gasteiger partial charge < -0.3 is 11.1 Å². The number of nitrogens with two attached hydrogens (primary N) is 1. The SMILES string of the molecule is CC(C)[C@H](NC(=O)c1cc(NS(=O)(=O)CC2CN(C(c3ccc(Cl)cc3)c3ccc(Cl)cc3)C2)cc(C(F)(F)F)c1)C(N)=O. The smallest absolute Gasteiger partial charge is 0.368 e. The Morgan fingerprint density at radius 1 is 0.955 bits per heavy atom. The largest absolute Gasteiger partial charge is 0.416 e. The number of rotatable bonds is 11. The molecule has 1 aliphatic heterocycles. The lowest BCUT2D eigenvalue weighted by Crippen LogP contribution is -2.51. The molecule has 8 nitrogen and oxygen atoms in total. The number of amides is 2. The van der Waals surface area contributed by atoms with Crippen molar-refractivity contribution in [1.29, 1.82) is 0 Å². The van der Waals surface area contributed by atoms with Gasteiger partial charge in [0.1, 0.15) is 6.04 Å². The molecule has 0 radical (unpaired) electrons. The number of halogens is 5. The first kappa shape index (κ1) is 33.6. The number of alkyl halides is 3. The van der Waals surface area contributed by atoms with Crippen LogP contribution in [0.15, 0.2) is 66.7 Å². The van der Waals surface area contributed by atoms with E-state index >= 15 is 0 Å². The van der Waals surface area contributed by atoms with Crippen LogP contribution in [0.4, 0.5) is 18.9 Å². The third kappa shape index (κ3) is 8.44. The van der Waals surface area contributed by atoms with Gasteiger partial charge in [0.15, 0.2) is 0 Å². The van der Waals surface area contributed by atoms with E-state index in [1.165, 1.54) is 0 Å². The highest BCUT2D eigenvalue weighted by molar-refractivity contribution is 7.92. The van der Waals surface area contributed by atoms with Crippen molar-refractivity contribution in [2.75, 3.05) is 23.6 Å². The Kier molecular flexibility index (Phi) is 10.2. The molecule has 0 unspecified atom stereocenters. The second-order valence-electron chi connectivity index (χ2n) is 11.1. The number of hydrogen-bond donors (Lipinski definition) is 3. The number of benzene rings is 3. The number of nitrogens with one attached hydrogen (secondary N) is 2. The number of nitrogens with zero attached hydrogens (tertiary/aromatic N) is 1. The van der Waals surface area contributed by atoms with E-state index in [1.54, 1.807) is 38.1 Å². The van der Waals surface area contributed by atoms with Gasteiger partial charge in [0.2, 0.25) is 15.9 Å². The average Bonchev–Trinajstić information content (AvgIpc) is 2.90. The van der Waals surface area contributed by atoms with E-state index in [9.17, 15) is 31.2 Å². The molecule has 4 rings (SSSR count). The standard InChI is InChI=1S/C30H31Cl2F3N4O4S/c1-17(2)26(28(36)40)37-29(41)21-11-22(30(33,34)35)13-25(12-21)38-44(42,43)16-18-14-39(15-18)27(19-3-7-23(31)8-4-19)20-5-9-24(32)10-6-20/h3-13,17-18,26-27,38H,14-16H2,1-2H3,(H2,36,40)(H,37,41)/t26-/m0/s1. The van der Waals surface area contributed by atoms with E-state index in [0.29, 0.717) is 35.3 Å². The number of primary amides is 1. The monoisotopic (exact) mass is 670 g/mol. The van der Waals surface area contributed by atoms with Crippen LogP contribution < -0.4 is 15.8 Å². The summed E-state index contributed by atoms with van der Waals surface area (Å²) in [6.45, 7) is 4.01. The van der Waals surface area contributed by atoms with Gasteiger partial charge in [-0.2, -0.15) is 13.2 Å². The van der Waals surface area contributed by atoms with Crippen molar-refractivity contribution in [2.24, 2.45) is 17.6 Å². The minimum Gasteiger partial charge on any atom is -0.368 e. The molecule has 44 heavy (non-hydrogen) atoms. The lowest BCUT2D eigenvalue weighted by Gasteiger charge is -2.44. The Morgan fingerprint density at radius 2 is 1.48 bits per heavy atom. The van der Waals surface area contributed by atoms with Gasteiger partial charge in [-0.15, -0.1) is 0 Å². The van der Waals surface area contributed by atoms with E-state index < -0.39 is 56.8 Å². The van der Waals surface area contributed by atoms with E-state index in [1.807, 2.05) is 24.3 Å². The summed E-state index contributed by atoms with van der Waals surface area (Å²) in [6, 6.07) is 15.5. The van der Waals surface area contributed by atoms with Crippen molar-refractivity contribution in [3.8, 4) is 0 Å². The van der Waals surface area contributed by atoms with Gasteiger partial charge in [-0.25, -0.2) is 8.42 Å². The number of hydrogen-bond acceptors (Lipinski definition) is 5. The molecule has 0 aliphatic carbocycles. The molecule has 1 atom stereocenters. The second-order valence-corrected chi connectivity index (χ2v) is 13.7. The summed E-state index contributed by atoms with van der Waals surface area (Å²) in [4.78, 5) is 26.6. The molecule has 0 saturated carbocycles. The van der Waals surface area contributed by atoms with Crippen LogP contribution in [-0.4, -0.2) is 50.0 Å². The number of anilines is 1. The molecular formula is C30H31Cl2F3N4O4S. The van der Waals surface area contributed by atoms with E-state index in [2.05, 4.69) is 14.9 Å². The van der Waals surface area contributed by atoms with Crippen LogP contribution in [0.3, 0.4) is 0 Å². The highest BCUT2D eigenvalue weighted by atomic mass is 35.5. The fourth-order valence-electron chi connectivity index (χ4n) is 5.13. The van der Waals surface area contributed by atoms with Crippen molar-refractivity contribution >= 4 is 50.7 Å². The van der Waals surface area contributed by atoms with Crippen LogP contribution in [-0.2, 0) is 21.0 Å². The van der Waals surface area contributed by atoms with Crippen LogP contribution in [0.2, 0.25) is 10.0 Å². The van der Waals surface area contributed by atoms with Crippen LogP contribution >= 0.6 is 23.2 Å². The number of likely N-dealkylation sites (tertiary alicyclic amines) is 1. The molecule has 14 heteroatoms. The zero-order chi connectivity index (χ0) is 32.4. The summed E-state index contributed by atoms with van der Waals surface area (Å²) in [5, 5.41) is 3.47. The highest BCUT2D eigenvalue weighted by Gasteiger charge is 2.37. The summed E-state index contributed by atoms with van der Waals surface area (Å²) in [5.41, 5.74) is 5.06. The number of carbonyl (C=O) groups is 2. The molecule has 0 spiro atoms. The molecular weight excluding hydrogens is 640 g/mol. The van der Waals surface area contributed by atoms with Crippen molar-refractivity contribution in [3.05, 3.63) is 99.0 Å². The molecule has 0 bridgehead atoms. The molecule has 3 aromatic carbocycles. The summed E-state index contributed by atoms with van der Waals surface area (Å²) in [6.07, 6.45) is -4.87. The first-order valence-corrected chi connectivity index (χ1v) is 16.0. The predicted octanol–water partition coefficient (Wildman–Crippen LogP) is 5.72. The van der Waals surface area contributed by atoms with Crippen molar-refractivity contribution in [3.63, 3.8) is 0 Å².